The highest BCUT2D eigenvalue weighted by Gasteiger charge is 2.56. The van der Waals surface area contributed by atoms with Crippen molar-refractivity contribution in [1.82, 2.24) is 9.78 Å². The zero-order chi connectivity index (χ0) is 22.0. The molecule has 2 aromatic carbocycles. The summed E-state index contributed by atoms with van der Waals surface area (Å²) in [7, 11) is 1.66. The first-order chi connectivity index (χ1) is 14.7. The van der Waals surface area contributed by atoms with E-state index in [2.05, 4.69) is 15.2 Å². The highest BCUT2D eigenvalue weighted by Crippen LogP contribution is 2.51. The Morgan fingerprint density at radius 2 is 1.77 bits per heavy atom. The Kier molecular flexibility index (Phi) is 3.92. The molecule has 7 nitrogen and oxygen atoms in total. The third kappa shape index (κ3) is 2.78. The van der Waals surface area contributed by atoms with E-state index in [0.29, 0.717) is 22.6 Å². The number of aromatic nitrogens is 2. The van der Waals surface area contributed by atoms with E-state index in [1.165, 1.54) is 27.9 Å². The van der Waals surface area contributed by atoms with Crippen molar-refractivity contribution in [2.45, 2.75) is 18.2 Å². The quantitative estimate of drug-likeness (QED) is 0.679. The first-order valence-corrected chi connectivity index (χ1v) is 9.33. The van der Waals surface area contributed by atoms with Crippen LogP contribution >= 0.6 is 0 Å². The average molecular weight is 428 g/mol. The maximum atomic E-state index is 13.4. The van der Waals surface area contributed by atoms with Gasteiger partial charge in [-0.1, -0.05) is 18.2 Å². The van der Waals surface area contributed by atoms with E-state index in [9.17, 15) is 22.8 Å². The Morgan fingerprint density at radius 3 is 2.48 bits per heavy atom. The van der Waals surface area contributed by atoms with E-state index < -0.39 is 11.8 Å². The molecular formula is C21H15F3N4O3. The number of halogens is 3. The van der Waals surface area contributed by atoms with Gasteiger partial charge in [-0.05, 0) is 35.9 Å². The van der Waals surface area contributed by atoms with E-state index in [1.54, 1.807) is 7.05 Å². The van der Waals surface area contributed by atoms with Crippen LogP contribution in [0, 0.1) is 0 Å². The van der Waals surface area contributed by atoms with Gasteiger partial charge in [0.15, 0.2) is 0 Å². The van der Waals surface area contributed by atoms with Crippen LogP contribution < -0.4 is 15.0 Å². The van der Waals surface area contributed by atoms with Gasteiger partial charge in [-0.25, -0.2) is 4.68 Å². The lowest BCUT2D eigenvalue weighted by Crippen LogP contribution is -2.45. The molecule has 5 rings (SSSR count). The lowest BCUT2D eigenvalue weighted by molar-refractivity contribution is -0.274. The molecule has 31 heavy (non-hydrogen) atoms. The number of rotatable bonds is 2. The Morgan fingerprint density at radius 1 is 1.06 bits per heavy atom. The summed E-state index contributed by atoms with van der Waals surface area (Å²) in [5, 5.41) is 7.08. The number of nitrogens with one attached hydrogen (secondary N) is 1. The smallest absolute Gasteiger partial charge is 0.406 e. The van der Waals surface area contributed by atoms with Gasteiger partial charge in [-0.15, -0.1) is 13.2 Å². The molecule has 10 heteroatoms. The molecule has 0 fully saturated rings. The molecule has 2 aliphatic heterocycles. The van der Waals surface area contributed by atoms with Gasteiger partial charge in [0, 0.05) is 24.7 Å². The molecule has 1 spiro atoms. The molecule has 0 saturated heterocycles. The first kappa shape index (κ1) is 19.2. The molecular weight excluding hydrogens is 413 g/mol. The molecule has 0 radical (unpaired) electrons. The van der Waals surface area contributed by atoms with E-state index >= 15 is 0 Å². The third-order valence-electron chi connectivity index (χ3n) is 5.62. The predicted octanol–water partition coefficient (Wildman–Crippen LogP) is 3.38. The third-order valence-corrected chi connectivity index (χ3v) is 5.62. The van der Waals surface area contributed by atoms with Crippen molar-refractivity contribution >= 4 is 23.3 Å². The number of fused-ring (bicyclic) bond motifs is 4. The fraction of sp³-hybridized carbons (Fsp3) is 0.190. The van der Waals surface area contributed by atoms with Crippen LogP contribution in [0.2, 0.25) is 0 Å². The predicted molar refractivity (Wildman–Crippen MR) is 104 cm³/mol. The Bertz CT molecular complexity index is 1220. The second-order valence-electron chi connectivity index (χ2n) is 7.37. The summed E-state index contributed by atoms with van der Waals surface area (Å²) in [5.74, 6) is -0.665. The largest absolute Gasteiger partial charge is 0.573 e. The zero-order valence-corrected chi connectivity index (χ0v) is 16.1. The second-order valence-corrected chi connectivity index (χ2v) is 7.37. The van der Waals surface area contributed by atoms with Crippen LogP contribution in [0.3, 0.4) is 0 Å². The van der Waals surface area contributed by atoms with Crippen LogP contribution in [0.15, 0.2) is 54.7 Å². The molecule has 0 unspecified atom stereocenters. The van der Waals surface area contributed by atoms with E-state index in [0.717, 1.165) is 17.8 Å². The molecule has 0 saturated carbocycles. The standard InChI is InChI=1S/C21H15F3N4O3/c1-27-16-5-3-2-4-14(16)20(19(27)30)10-17(29)26-18-15(20)11-25-28(18)12-6-8-13(9-7-12)31-21(22,23)24/h2-9,11H,10H2,1H3,(H,26,29)/t20-/m1/s1. The summed E-state index contributed by atoms with van der Waals surface area (Å²) in [6, 6.07) is 12.3. The molecule has 3 aromatic rings. The molecule has 1 aromatic heterocycles. The van der Waals surface area contributed by atoms with Crippen molar-refractivity contribution in [1.29, 1.82) is 0 Å². The van der Waals surface area contributed by atoms with Crippen molar-refractivity contribution in [2.24, 2.45) is 0 Å². The number of amides is 2. The maximum Gasteiger partial charge on any atom is 0.573 e. The summed E-state index contributed by atoms with van der Waals surface area (Å²) >= 11 is 0. The van der Waals surface area contributed by atoms with Crippen molar-refractivity contribution in [3.63, 3.8) is 0 Å². The minimum Gasteiger partial charge on any atom is -0.406 e. The summed E-state index contributed by atoms with van der Waals surface area (Å²) in [5.41, 5.74) is 1.16. The molecule has 0 aliphatic carbocycles. The van der Waals surface area contributed by atoms with Gasteiger partial charge in [0.05, 0.1) is 11.9 Å². The van der Waals surface area contributed by atoms with Gasteiger partial charge < -0.3 is 15.0 Å². The molecule has 3 heterocycles. The van der Waals surface area contributed by atoms with Gasteiger partial charge in [-0.2, -0.15) is 5.10 Å². The normalized spacial score (nSPS) is 19.9. The highest BCUT2D eigenvalue weighted by atomic mass is 19.4. The monoisotopic (exact) mass is 428 g/mol. The fourth-order valence-electron chi connectivity index (χ4n) is 4.35. The number of hydrogen-bond donors (Lipinski definition) is 1. The number of para-hydroxylation sites is 1. The minimum atomic E-state index is -4.80. The van der Waals surface area contributed by atoms with Crippen LogP contribution in [0.1, 0.15) is 17.5 Å². The molecule has 2 aliphatic rings. The molecule has 1 N–H and O–H groups in total. The molecule has 158 valence electrons. The topological polar surface area (TPSA) is 76.5 Å². The first-order valence-electron chi connectivity index (χ1n) is 9.33. The van der Waals surface area contributed by atoms with Crippen LogP contribution in [0.25, 0.3) is 5.69 Å². The lowest BCUT2D eigenvalue weighted by Gasteiger charge is -2.32. The summed E-state index contributed by atoms with van der Waals surface area (Å²) in [6.45, 7) is 0. The lowest BCUT2D eigenvalue weighted by atomic mass is 9.72. The number of hydrogen-bond acceptors (Lipinski definition) is 4. The van der Waals surface area contributed by atoms with Crippen LogP contribution in [-0.4, -0.2) is 35.0 Å². The average Bonchev–Trinajstić information content (AvgIpc) is 3.23. The van der Waals surface area contributed by atoms with E-state index in [-0.39, 0.29) is 24.0 Å². The summed E-state index contributed by atoms with van der Waals surface area (Å²) in [6.07, 6.45) is -3.35. The Balaban J connectivity index is 1.62. The second kappa shape index (κ2) is 6.34. The van der Waals surface area contributed by atoms with Gasteiger partial charge in [0.1, 0.15) is 17.0 Å². The number of nitrogens with zero attached hydrogens (tertiary/aromatic N) is 3. The number of benzene rings is 2. The number of likely N-dealkylation sites (N-methyl/N-ethyl adjacent to an activating group) is 1. The number of carbonyl (C=O) groups is 2. The Hall–Kier alpha value is -3.82. The minimum absolute atomic E-state index is 0.0652. The van der Waals surface area contributed by atoms with Gasteiger partial charge >= 0.3 is 6.36 Å². The summed E-state index contributed by atoms with van der Waals surface area (Å²) < 4.78 is 42.5. The van der Waals surface area contributed by atoms with Gasteiger partial charge in [-0.3, -0.25) is 9.59 Å². The van der Waals surface area contributed by atoms with Crippen molar-refractivity contribution in [3.8, 4) is 11.4 Å². The van der Waals surface area contributed by atoms with Crippen LogP contribution in [0.4, 0.5) is 24.7 Å². The van der Waals surface area contributed by atoms with Crippen molar-refractivity contribution < 1.29 is 27.5 Å². The van der Waals surface area contributed by atoms with Crippen molar-refractivity contribution in [2.75, 3.05) is 17.3 Å². The number of ether oxygens (including phenoxy) is 1. The van der Waals surface area contributed by atoms with E-state index in [4.69, 9.17) is 0 Å². The molecule has 0 bridgehead atoms. The fourth-order valence-corrected chi connectivity index (χ4v) is 4.35. The van der Waals surface area contributed by atoms with Gasteiger partial charge in [0.2, 0.25) is 11.8 Å². The summed E-state index contributed by atoms with van der Waals surface area (Å²) in [4.78, 5) is 27.6. The molecule has 2 amide bonds. The SMILES string of the molecule is CN1C(=O)[C@]2(CC(=O)Nc3c2cnn3-c2ccc(OC(F)(F)F)cc2)c2ccccc21. The van der Waals surface area contributed by atoms with Crippen LogP contribution in [-0.2, 0) is 15.0 Å². The number of carbonyl (C=O) groups excluding carboxylic acids is 2. The maximum absolute atomic E-state index is 13.4. The molecule has 1 atom stereocenters. The van der Waals surface area contributed by atoms with Crippen LogP contribution in [0.5, 0.6) is 5.75 Å². The van der Waals surface area contributed by atoms with Gasteiger partial charge in [0.25, 0.3) is 0 Å². The highest BCUT2D eigenvalue weighted by molar-refractivity contribution is 6.15. The Labute approximate surface area is 174 Å². The number of anilines is 2. The van der Waals surface area contributed by atoms with Crippen molar-refractivity contribution in [3.05, 3.63) is 65.9 Å². The van der Waals surface area contributed by atoms with E-state index in [1.807, 2.05) is 24.3 Å². The number of alkyl halides is 3. The zero-order valence-electron chi connectivity index (χ0n) is 16.1.